The number of hydrogen-bond acceptors (Lipinski definition) is 4. The van der Waals surface area contributed by atoms with Crippen LogP contribution in [0.25, 0.3) is 0 Å². The average molecular weight is 319 g/mol. The summed E-state index contributed by atoms with van der Waals surface area (Å²) < 4.78 is 31.2. The first kappa shape index (κ1) is 15.0. The number of aryl methyl sites for hydroxylation is 1. The van der Waals surface area contributed by atoms with Crippen LogP contribution in [-0.2, 0) is 14.3 Å². The van der Waals surface area contributed by atoms with Crippen LogP contribution in [0.2, 0.25) is 0 Å². The van der Waals surface area contributed by atoms with Crippen LogP contribution in [0.4, 0.5) is 0 Å². The van der Waals surface area contributed by atoms with E-state index in [1.807, 2.05) is 6.92 Å². The molecule has 0 unspecified atom stereocenters. The minimum atomic E-state index is -3.74. The maximum atomic E-state index is 12.2. The number of rotatable bonds is 4. The maximum Gasteiger partial charge on any atom is 0.297 e. The van der Waals surface area contributed by atoms with Crippen molar-refractivity contribution < 1.29 is 12.6 Å². The third-order valence-electron chi connectivity index (χ3n) is 3.89. The average Bonchev–Trinajstić information content (AvgIpc) is 2.44. The number of hydrogen-bond donors (Lipinski definition) is 0. The van der Waals surface area contributed by atoms with E-state index >= 15 is 0 Å². The van der Waals surface area contributed by atoms with Crippen LogP contribution in [0.3, 0.4) is 0 Å². The highest BCUT2D eigenvalue weighted by Crippen LogP contribution is 2.35. The highest BCUT2D eigenvalue weighted by Gasteiger charge is 2.35. The van der Waals surface area contributed by atoms with Crippen molar-refractivity contribution in [2.45, 2.75) is 36.8 Å². The molecule has 1 aliphatic rings. The summed E-state index contributed by atoms with van der Waals surface area (Å²) in [5, 5.41) is 0. The van der Waals surface area contributed by atoms with Crippen molar-refractivity contribution in [2.24, 2.45) is 0 Å². The predicted molar refractivity (Wildman–Crippen MR) is 82.2 cm³/mol. The monoisotopic (exact) mass is 319 g/mol. The summed E-state index contributed by atoms with van der Waals surface area (Å²) in [6.45, 7) is 1.89. The summed E-state index contributed by atoms with van der Waals surface area (Å²) in [7, 11) is -3.74. The van der Waals surface area contributed by atoms with Crippen LogP contribution in [0.1, 0.15) is 24.4 Å². The van der Waals surface area contributed by atoms with Crippen LogP contribution >= 0.6 is 0 Å². The standard InChI is InChI=1S/C16H17NO4S/c1-12-5-7-15(8-6-12)22(19,20)21-14-10-13(11-14)17-9-3-2-4-16(17)18/h2-9,13-14H,10-11H2,1H3. The van der Waals surface area contributed by atoms with Crippen LogP contribution in [0.15, 0.2) is 58.4 Å². The Kier molecular flexibility index (Phi) is 3.88. The van der Waals surface area contributed by atoms with E-state index in [0.717, 1.165) is 5.56 Å². The minimum absolute atomic E-state index is 0.00641. The first-order valence-electron chi connectivity index (χ1n) is 7.13. The van der Waals surface area contributed by atoms with Gasteiger partial charge in [0.15, 0.2) is 0 Å². The van der Waals surface area contributed by atoms with Crippen molar-refractivity contribution >= 4 is 10.1 Å². The molecule has 1 fully saturated rings. The fraction of sp³-hybridized carbons (Fsp3) is 0.312. The van der Waals surface area contributed by atoms with Crippen molar-refractivity contribution in [3.8, 4) is 0 Å². The Bertz CT molecular complexity index is 818. The maximum absolute atomic E-state index is 12.2. The molecule has 0 bridgehead atoms. The van der Waals surface area contributed by atoms with Crippen molar-refractivity contribution in [2.75, 3.05) is 0 Å². The Morgan fingerprint density at radius 1 is 1.09 bits per heavy atom. The second-order valence-electron chi connectivity index (χ2n) is 5.56. The van der Waals surface area contributed by atoms with Gasteiger partial charge in [0.1, 0.15) is 0 Å². The molecule has 116 valence electrons. The molecule has 1 aliphatic carbocycles. The number of benzene rings is 1. The highest BCUT2D eigenvalue weighted by atomic mass is 32.2. The molecule has 0 radical (unpaired) electrons. The smallest absolute Gasteiger partial charge is 0.297 e. The van der Waals surface area contributed by atoms with Crippen LogP contribution in [-0.4, -0.2) is 19.1 Å². The van der Waals surface area contributed by atoms with Gasteiger partial charge in [-0.05, 0) is 38.0 Å². The molecule has 22 heavy (non-hydrogen) atoms. The van der Waals surface area contributed by atoms with Gasteiger partial charge in [-0.1, -0.05) is 23.8 Å². The van der Waals surface area contributed by atoms with Gasteiger partial charge in [-0.25, -0.2) is 0 Å². The molecular formula is C16H17NO4S. The highest BCUT2D eigenvalue weighted by molar-refractivity contribution is 7.86. The molecule has 0 amide bonds. The molecule has 0 spiro atoms. The zero-order valence-corrected chi connectivity index (χ0v) is 13.0. The van der Waals surface area contributed by atoms with Gasteiger partial charge < -0.3 is 4.57 Å². The predicted octanol–water partition coefficient (Wildman–Crippen LogP) is 2.27. The Balaban J connectivity index is 1.66. The molecule has 0 aliphatic heterocycles. The molecule has 1 saturated carbocycles. The molecule has 3 rings (SSSR count). The molecule has 0 saturated heterocycles. The molecule has 5 nitrogen and oxygen atoms in total. The van der Waals surface area contributed by atoms with Gasteiger partial charge >= 0.3 is 0 Å². The Hall–Kier alpha value is -1.92. The van der Waals surface area contributed by atoms with Crippen LogP contribution in [0, 0.1) is 6.92 Å². The zero-order valence-electron chi connectivity index (χ0n) is 12.2. The fourth-order valence-corrected chi connectivity index (χ4v) is 3.62. The Morgan fingerprint density at radius 2 is 1.77 bits per heavy atom. The first-order chi connectivity index (χ1) is 10.5. The van der Waals surface area contributed by atoms with E-state index < -0.39 is 10.1 Å². The van der Waals surface area contributed by atoms with E-state index in [9.17, 15) is 13.2 Å². The molecular weight excluding hydrogens is 302 g/mol. The van der Waals surface area contributed by atoms with Crippen molar-refractivity contribution in [3.63, 3.8) is 0 Å². The summed E-state index contributed by atoms with van der Waals surface area (Å²) in [5.74, 6) is 0. The normalized spacial score (nSPS) is 21.3. The fourth-order valence-electron chi connectivity index (χ4n) is 2.52. The van der Waals surface area contributed by atoms with Gasteiger partial charge in [0, 0.05) is 18.3 Å². The van der Waals surface area contributed by atoms with E-state index in [2.05, 4.69) is 0 Å². The summed E-state index contributed by atoms with van der Waals surface area (Å²) in [4.78, 5) is 11.9. The summed E-state index contributed by atoms with van der Waals surface area (Å²) >= 11 is 0. The van der Waals surface area contributed by atoms with Crippen LogP contribution < -0.4 is 5.56 Å². The van der Waals surface area contributed by atoms with Crippen molar-refractivity contribution in [3.05, 3.63) is 64.6 Å². The third-order valence-corrected chi connectivity index (χ3v) is 5.26. The number of nitrogens with zero attached hydrogens (tertiary/aromatic N) is 1. The minimum Gasteiger partial charge on any atom is -0.312 e. The van der Waals surface area contributed by atoms with Crippen molar-refractivity contribution in [1.29, 1.82) is 0 Å². The Labute approximate surface area is 129 Å². The summed E-state index contributed by atoms with van der Waals surface area (Å²) in [5.41, 5.74) is 0.915. The first-order valence-corrected chi connectivity index (χ1v) is 8.54. The van der Waals surface area contributed by atoms with Crippen molar-refractivity contribution in [1.82, 2.24) is 4.57 Å². The van der Waals surface area contributed by atoms with E-state index in [-0.39, 0.29) is 22.6 Å². The lowest BCUT2D eigenvalue weighted by Gasteiger charge is -2.35. The molecule has 1 heterocycles. The van der Waals surface area contributed by atoms with E-state index in [1.54, 1.807) is 47.2 Å². The Morgan fingerprint density at radius 3 is 2.41 bits per heavy atom. The molecule has 1 aromatic carbocycles. The lowest BCUT2D eigenvalue weighted by molar-refractivity contribution is 0.0747. The summed E-state index contributed by atoms with van der Waals surface area (Å²) in [6.07, 6.45) is 2.39. The van der Waals surface area contributed by atoms with E-state index in [4.69, 9.17) is 4.18 Å². The molecule has 1 aromatic heterocycles. The second-order valence-corrected chi connectivity index (χ2v) is 7.13. The van der Waals surface area contributed by atoms with Gasteiger partial charge in [0.05, 0.1) is 11.0 Å². The SMILES string of the molecule is Cc1ccc(S(=O)(=O)OC2CC(n3ccccc3=O)C2)cc1. The third kappa shape index (κ3) is 2.98. The van der Waals surface area contributed by atoms with E-state index in [0.29, 0.717) is 12.8 Å². The van der Waals surface area contributed by atoms with Gasteiger partial charge in [-0.15, -0.1) is 0 Å². The zero-order chi connectivity index (χ0) is 15.7. The van der Waals surface area contributed by atoms with Gasteiger partial charge in [0.25, 0.3) is 15.7 Å². The van der Waals surface area contributed by atoms with Gasteiger partial charge in [-0.3, -0.25) is 8.98 Å². The van der Waals surface area contributed by atoms with Gasteiger partial charge in [-0.2, -0.15) is 8.42 Å². The molecule has 2 aromatic rings. The van der Waals surface area contributed by atoms with Gasteiger partial charge in [0.2, 0.25) is 0 Å². The largest absolute Gasteiger partial charge is 0.312 e. The molecule has 6 heteroatoms. The van der Waals surface area contributed by atoms with E-state index in [1.165, 1.54) is 6.07 Å². The lowest BCUT2D eigenvalue weighted by atomic mass is 9.89. The molecule has 0 atom stereocenters. The summed E-state index contributed by atoms with van der Waals surface area (Å²) in [6, 6.07) is 11.5. The van der Waals surface area contributed by atoms with Crippen LogP contribution in [0.5, 0.6) is 0 Å². The molecule has 0 N–H and O–H groups in total. The number of pyridine rings is 1. The lowest BCUT2D eigenvalue weighted by Crippen LogP contribution is -2.38. The second kappa shape index (κ2) is 5.70. The number of aromatic nitrogens is 1. The quantitative estimate of drug-likeness (QED) is 0.811. The topological polar surface area (TPSA) is 65.4 Å².